The van der Waals surface area contributed by atoms with Crippen molar-refractivity contribution in [1.29, 1.82) is 0 Å². The van der Waals surface area contributed by atoms with Gasteiger partial charge in [0, 0.05) is 5.02 Å². The molecule has 0 spiro atoms. The van der Waals surface area contributed by atoms with Crippen molar-refractivity contribution < 1.29 is 23.8 Å². The summed E-state index contributed by atoms with van der Waals surface area (Å²) in [6.07, 6.45) is 1.68. The Morgan fingerprint density at radius 1 is 0.912 bits per heavy atom. The Morgan fingerprint density at radius 3 is 2.38 bits per heavy atom. The first kappa shape index (κ1) is 23.7. The van der Waals surface area contributed by atoms with E-state index in [4.69, 9.17) is 25.8 Å². The van der Waals surface area contributed by atoms with Gasteiger partial charge in [-0.25, -0.2) is 0 Å². The molecule has 0 radical (unpaired) electrons. The topological polar surface area (TPSA) is 65.1 Å². The fourth-order valence-electron chi connectivity index (χ4n) is 3.28. The third-order valence-corrected chi connectivity index (χ3v) is 6.13. The molecular weight excluding hydrogens is 474 g/mol. The second-order valence-corrected chi connectivity index (χ2v) is 8.74. The van der Waals surface area contributed by atoms with Crippen LogP contribution in [-0.2, 0) is 11.3 Å². The van der Waals surface area contributed by atoms with E-state index in [1.807, 2.05) is 36.4 Å². The number of amides is 2. The van der Waals surface area contributed by atoms with Crippen LogP contribution in [0.4, 0.5) is 4.79 Å². The van der Waals surface area contributed by atoms with Crippen LogP contribution in [0.2, 0.25) is 5.02 Å². The molecular formula is C26H22ClNO5S. The highest BCUT2D eigenvalue weighted by atomic mass is 35.5. The lowest BCUT2D eigenvalue weighted by atomic mass is 10.1. The van der Waals surface area contributed by atoms with Crippen LogP contribution in [-0.4, -0.2) is 36.4 Å². The zero-order valence-corrected chi connectivity index (χ0v) is 20.0. The summed E-state index contributed by atoms with van der Waals surface area (Å²) in [6.45, 7) is 0.921. The molecule has 0 N–H and O–H groups in total. The zero-order valence-electron chi connectivity index (χ0n) is 18.4. The number of para-hydroxylation sites is 1. The number of ether oxygens (including phenoxy) is 3. The second-order valence-electron chi connectivity index (χ2n) is 7.31. The minimum atomic E-state index is -0.331. The van der Waals surface area contributed by atoms with E-state index < -0.39 is 0 Å². The van der Waals surface area contributed by atoms with Crippen LogP contribution in [0.3, 0.4) is 0 Å². The van der Waals surface area contributed by atoms with E-state index in [2.05, 4.69) is 0 Å². The third kappa shape index (κ3) is 5.92. The summed E-state index contributed by atoms with van der Waals surface area (Å²) in [6, 6.07) is 21.9. The number of thioether (sulfide) groups is 1. The highest BCUT2D eigenvalue weighted by Gasteiger charge is 2.35. The third-order valence-electron chi connectivity index (χ3n) is 4.97. The van der Waals surface area contributed by atoms with Gasteiger partial charge < -0.3 is 14.2 Å². The Morgan fingerprint density at radius 2 is 1.65 bits per heavy atom. The number of hydrogen-bond acceptors (Lipinski definition) is 6. The predicted molar refractivity (Wildman–Crippen MR) is 133 cm³/mol. The van der Waals surface area contributed by atoms with Crippen molar-refractivity contribution in [2.75, 3.05) is 20.3 Å². The molecule has 0 aromatic heterocycles. The molecule has 0 saturated carbocycles. The van der Waals surface area contributed by atoms with Gasteiger partial charge >= 0.3 is 0 Å². The first-order valence-electron chi connectivity index (χ1n) is 10.5. The predicted octanol–water partition coefficient (Wildman–Crippen LogP) is 6.04. The van der Waals surface area contributed by atoms with E-state index in [0.717, 1.165) is 28.6 Å². The number of benzene rings is 3. The molecule has 0 aliphatic carbocycles. The van der Waals surface area contributed by atoms with Gasteiger partial charge in [-0.1, -0.05) is 48.0 Å². The lowest BCUT2D eigenvalue weighted by molar-refractivity contribution is -0.123. The van der Waals surface area contributed by atoms with Crippen molar-refractivity contribution in [1.82, 2.24) is 4.90 Å². The quantitative estimate of drug-likeness (QED) is 0.266. The fourth-order valence-corrected chi connectivity index (χ4v) is 4.25. The second kappa shape index (κ2) is 11.1. The molecule has 3 aromatic carbocycles. The van der Waals surface area contributed by atoms with Crippen LogP contribution in [0.1, 0.15) is 11.1 Å². The van der Waals surface area contributed by atoms with Crippen LogP contribution >= 0.6 is 23.4 Å². The van der Waals surface area contributed by atoms with Crippen molar-refractivity contribution in [2.45, 2.75) is 6.54 Å². The number of methoxy groups -OCH3 is 1. The van der Waals surface area contributed by atoms with Gasteiger partial charge in [-0.05, 0) is 65.4 Å². The van der Waals surface area contributed by atoms with Gasteiger partial charge in [0.05, 0.1) is 18.6 Å². The Hall–Kier alpha value is -3.42. The van der Waals surface area contributed by atoms with E-state index in [1.54, 1.807) is 49.6 Å². The van der Waals surface area contributed by atoms with E-state index in [-0.39, 0.29) is 17.7 Å². The van der Waals surface area contributed by atoms with Gasteiger partial charge in [-0.15, -0.1) is 0 Å². The van der Waals surface area contributed by atoms with Crippen molar-refractivity contribution >= 4 is 40.6 Å². The first-order chi connectivity index (χ1) is 16.5. The maximum absolute atomic E-state index is 12.8. The number of imide groups is 1. The van der Waals surface area contributed by atoms with Gasteiger partial charge in [0.15, 0.2) is 11.5 Å². The van der Waals surface area contributed by atoms with Crippen LogP contribution < -0.4 is 14.2 Å². The summed E-state index contributed by atoms with van der Waals surface area (Å²) >= 11 is 6.82. The highest BCUT2D eigenvalue weighted by molar-refractivity contribution is 8.18. The average Bonchev–Trinajstić information content (AvgIpc) is 3.11. The minimum absolute atomic E-state index is 0.195. The molecule has 1 aliphatic rings. The molecule has 1 saturated heterocycles. The van der Waals surface area contributed by atoms with Gasteiger partial charge in [0.1, 0.15) is 19.0 Å². The number of nitrogens with zero attached hydrogens (tertiary/aromatic N) is 1. The normalized spacial score (nSPS) is 14.5. The van der Waals surface area contributed by atoms with E-state index in [1.165, 1.54) is 4.90 Å². The Bertz CT molecular complexity index is 1200. The molecule has 4 rings (SSSR count). The molecule has 34 heavy (non-hydrogen) atoms. The number of carbonyl (C=O) groups excluding carboxylic acids is 2. The number of rotatable bonds is 9. The van der Waals surface area contributed by atoms with Crippen LogP contribution in [0.15, 0.2) is 77.7 Å². The average molecular weight is 496 g/mol. The Kier molecular flexibility index (Phi) is 7.77. The lowest BCUT2D eigenvalue weighted by Crippen LogP contribution is -2.27. The number of hydrogen-bond donors (Lipinski definition) is 0. The Labute approximate surface area is 207 Å². The van der Waals surface area contributed by atoms with E-state index in [9.17, 15) is 9.59 Å². The summed E-state index contributed by atoms with van der Waals surface area (Å²) < 4.78 is 16.9. The number of halogens is 1. The van der Waals surface area contributed by atoms with Crippen molar-refractivity contribution in [2.24, 2.45) is 0 Å². The van der Waals surface area contributed by atoms with Gasteiger partial charge in [-0.2, -0.15) is 0 Å². The summed E-state index contributed by atoms with van der Waals surface area (Å²) in [4.78, 5) is 26.8. The molecule has 8 heteroatoms. The lowest BCUT2D eigenvalue weighted by Gasteiger charge is -2.13. The standard InChI is InChI=1S/C26H22ClNO5S/c1-31-23-15-19(9-12-22(23)33-14-13-32-21-5-3-2-4-6-21)16-24-25(29)28(26(30)34-24)17-18-7-10-20(27)11-8-18/h2-12,15-16H,13-14,17H2,1H3/b24-16-. The Balaban J connectivity index is 1.39. The summed E-state index contributed by atoms with van der Waals surface area (Å²) in [5.74, 6) is 1.53. The summed E-state index contributed by atoms with van der Waals surface area (Å²) in [5, 5.41) is 0.291. The van der Waals surface area contributed by atoms with Gasteiger partial charge in [0.2, 0.25) is 0 Å². The van der Waals surface area contributed by atoms with Crippen LogP contribution in [0.25, 0.3) is 6.08 Å². The first-order valence-corrected chi connectivity index (χ1v) is 11.7. The molecule has 0 unspecified atom stereocenters. The molecule has 1 aliphatic heterocycles. The van der Waals surface area contributed by atoms with Gasteiger partial charge in [-0.3, -0.25) is 14.5 Å². The largest absolute Gasteiger partial charge is 0.493 e. The van der Waals surface area contributed by atoms with E-state index in [0.29, 0.717) is 34.6 Å². The monoisotopic (exact) mass is 495 g/mol. The summed E-state index contributed by atoms with van der Waals surface area (Å²) in [7, 11) is 1.55. The van der Waals surface area contributed by atoms with Crippen molar-refractivity contribution in [3.63, 3.8) is 0 Å². The number of carbonyl (C=O) groups is 2. The fraction of sp³-hybridized carbons (Fsp3) is 0.154. The molecule has 1 fully saturated rings. The smallest absolute Gasteiger partial charge is 0.293 e. The molecule has 0 atom stereocenters. The van der Waals surface area contributed by atoms with Crippen LogP contribution in [0, 0.1) is 0 Å². The highest BCUT2D eigenvalue weighted by Crippen LogP contribution is 2.35. The molecule has 1 heterocycles. The maximum atomic E-state index is 12.8. The minimum Gasteiger partial charge on any atom is -0.493 e. The molecule has 3 aromatic rings. The zero-order chi connectivity index (χ0) is 23.9. The van der Waals surface area contributed by atoms with Crippen molar-refractivity contribution in [3.8, 4) is 17.2 Å². The van der Waals surface area contributed by atoms with Gasteiger partial charge in [0.25, 0.3) is 11.1 Å². The molecule has 0 bridgehead atoms. The molecule has 174 valence electrons. The van der Waals surface area contributed by atoms with Crippen molar-refractivity contribution in [3.05, 3.63) is 93.9 Å². The van der Waals surface area contributed by atoms with E-state index >= 15 is 0 Å². The maximum Gasteiger partial charge on any atom is 0.293 e. The summed E-state index contributed by atoms with van der Waals surface area (Å²) in [5.41, 5.74) is 1.55. The SMILES string of the molecule is COc1cc(/C=C2\SC(=O)N(Cc3ccc(Cl)cc3)C2=O)ccc1OCCOc1ccccc1. The molecule has 6 nitrogen and oxygen atoms in total. The molecule has 2 amide bonds. The van der Waals surface area contributed by atoms with Crippen LogP contribution in [0.5, 0.6) is 17.2 Å².